The third kappa shape index (κ3) is 1.05. The van der Waals surface area contributed by atoms with Gasteiger partial charge in [-0.3, -0.25) is 0 Å². The lowest BCUT2D eigenvalue weighted by atomic mass is 9.87. The average Bonchev–Trinajstić information content (AvgIpc) is 2.90. The summed E-state index contributed by atoms with van der Waals surface area (Å²) < 4.78 is 0. The topological polar surface area (TPSA) is 0 Å². The van der Waals surface area contributed by atoms with Crippen molar-refractivity contribution in [3.63, 3.8) is 0 Å². The van der Waals surface area contributed by atoms with Crippen molar-refractivity contribution in [2.24, 2.45) is 11.8 Å². The lowest BCUT2D eigenvalue weighted by Gasteiger charge is -2.18. The summed E-state index contributed by atoms with van der Waals surface area (Å²) in [6, 6.07) is 0. The standard InChI is InChI=1S/C13H16/c1-5-10-8(3)12-7-13(12)9(4)11(10)6-2/h5-6,12-13H,1-2,7H2,3-4H3. The van der Waals surface area contributed by atoms with Gasteiger partial charge in [-0.05, 0) is 43.3 Å². The van der Waals surface area contributed by atoms with Gasteiger partial charge in [-0.15, -0.1) is 0 Å². The molecule has 2 aliphatic rings. The van der Waals surface area contributed by atoms with Crippen LogP contribution in [0.3, 0.4) is 0 Å². The summed E-state index contributed by atoms with van der Waals surface area (Å²) in [4.78, 5) is 0. The molecule has 0 spiro atoms. The Kier molecular flexibility index (Phi) is 1.80. The molecule has 2 atom stereocenters. The minimum atomic E-state index is 0.816. The maximum Gasteiger partial charge on any atom is -0.0125 e. The second-order valence-electron chi connectivity index (χ2n) is 4.05. The van der Waals surface area contributed by atoms with Crippen molar-refractivity contribution in [3.8, 4) is 0 Å². The van der Waals surface area contributed by atoms with Gasteiger partial charge in [0, 0.05) is 0 Å². The zero-order valence-corrected chi connectivity index (χ0v) is 8.43. The zero-order chi connectivity index (χ0) is 9.59. The molecule has 0 aliphatic heterocycles. The van der Waals surface area contributed by atoms with Crippen LogP contribution in [0.25, 0.3) is 0 Å². The van der Waals surface area contributed by atoms with Gasteiger partial charge in [-0.25, -0.2) is 0 Å². The molecule has 0 nitrogen and oxygen atoms in total. The number of hydrogen-bond acceptors (Lipinski definition) is 0. The molecule has 1 fully saturated rings. The van der Waals surface area contributed by atoms with Crippen LogP contribution in [-0.2, 0) is 0 Å². The Morgan fingerprint density at radius 1 is 1.00 bits per heavy atom. The van der Waals surface area contributed by atoms with Crippen LogP contribution in [0.15, 0.2) is 47.6 Å². The van der Waals surface area contributed by atoms with Crippen molar-refractivity contribution in [2.75, 3.05) is 0 Å². The van der Waals surface area contributed by atoms with Gasteiger partial charge in [0.1, 0.15) is 0 Å². The van der Waals surface area contributed by atoms with Gasteiger partial charge in [0.05, 0.1) is 0 Å². The van der Waals surface area contributed by atoms with Gasteiger partial charge in [0.25, 0.3) is 0 Å². The van der Waals surface area contributed by atoms with Gasteiger partial charge >= 0.3 is 0 Å². The highest BCUT2D eigenvalue weighted by Crippen LogP contribution is 2.54. The Hall–Kier alpha value is -1.04. The van der Waals surface area contributed by atoms with E-state index in [-0.39, 0.29) is 0 Å². The molecule has 2 rings (SSSR count). The van der Waals surface area contributed by atoms with Crippen molar-refractivity contribution in [2.45, 2.75) is 20.3 Å². The van der Waals surface area contributed by atoms with E-state index < -0.39 is 0 Å². The average molecular weight is 172 g/mol. The van der Waals surface area contributed by atoms with Crippen molar-refractivity contribution in [1.29, 1.82) is 0 Å². The fourth-order valence-electron chi connectivity index (χ4n) is 2.52. The largest absolute Gasteiger partial charge is 0.0984 e. The van der Waals surface area contributed by atoms with Crippen molar-refractivity contribution in [1.82, 2.24) is 0 Å². The van der Waals surface area contributed by atoms with E-state index in [1.54, 1.807) is 0 Å². The zero-order valence-electron chi connectivity index (χ0n) is 8.43. The Balaban J connectivity index is 2.56. The number of fused-ring (bicyclic) bond motifs is 1. The summed E-state index contributed by atoms with van der Waals surface area (Å²) in [6.07, 6.45) is 5.29. The molecule has 0 bridgehead atoms. The lowest BCUT2D eigenvalue weighted by Crippen LogP contribution is -2.03. The molecular formula is C13H16. The summed E-state index contributed by atoms with van der Waals surface area (Å²) in [5.41, 5.74) is 5.68. The van der Waals surface area contributed by atoms with Crippen LogP contribution < -0.4 is 0 Å². The van der Waals surface area contributed by atoms with Crippen LogP contribution in [-0.4, -0.2) is 0 Å². The highest BCUT2D eigenvalue weighted by molar-refractivity contribution is 5.56. The molecule has 2 aliphatic carbocycles. The van der Waals surface area contributed by atoms with Gasteiger partial charge < -0.3 is 0 Å². The first-order valence-electron chi connectivity index (χ1n) is 4.87. The van der Waals surface area contributed by atoms with Crippen molar-refractivity contribution in [3.05, 3.63) is 47.6 Å². The van der Waals surface area contributed by atoms with Gasteiger partial charge in [-0.2, -0.15) is 0 Å². The molecule has 13 heavy (non-hydrogen) atoms. The van der Waals surface area contributed by atoms with Crippen LogP contribution in [0.5, 0.6) is 0 Å². The highest BCUT2D eigenvalue weighted by Gasteiger charge is 2.43. The summed E-state index contributed by atoms with van der Waals surface area (Å²) in [6.45, 7) is 12.2. The summed E-state index contributed by atoms with van der Waals surface area (Å²) in [5, 5.41) is 0. The molecule has 0 amide bonds. The minimum Gasteiger partial charge on any atom is -0.0984 e. The molecule has 2 unspecified atom stereocenters. The van der Waals surface area contributed by atoms with Gasteiger partial charge in [-0.1, -0.05) is 36.5 Å². The van der Waals surface area contributed by atoms with E-state index in [4.69, 9.17) is 0 Å². The second-order valence-corrected chi connectivity index (χ2v) is 4.05. The van der Waals surface area contributed by atoms with Crippen LogP contribution in [0.4, 0.5) is 0 Å². The van der Waals surface area contributed by atoms with E-state index in [1.807, 2.05) is 12.2 Å². The monoisotopic (exact) mass is 172 g/mol. The Labute approximate surface area is 80.3 Å². The normalized spacial score (nSPS) is 31.5. The van der Waals surface area contributed by atoms with Crippen LogP contribution in [0.2, 0.25) is 0 Å². The summed E-state index contributed by atoms with van der Waals surface area (Å²) in [7, 11) is 0. The quantitative estimate of drug-likeness (QED) is 0.596. The molecule has 0 aromatic heterocycles. The number of rotatable bonds is 2. The Morgan fingerprint density at radius 2 is 1.38 bits per heavy atom. The minimum absolute atomic E-state index is 0.816. The third-order valence-corrected chi connectivity index (χ3v) is 3.45. The molecule has 0 aromatic carbocycles. The molecule has 0 saturated heterocycles. The van der Waals surface area contributed by atoms with E-state index in [2.05, 4.69) is 27.0 Å². The smallest absolute Gasteiger partial charge is 0.0125 e. The van der Waals surface area contributed by atoms with Gasteiger partial charge in [0.15, 0.2) is 0 Å². The maximum absolute atomic E-state index is 3.88. The molecule has 0 heteroatoms. The molecule has 0 radical (unpaired) electrons. The lowest BCUT2D eigenvalue weighted by molar-refractivity contribution is 0.839. The maximum atomic E-state index is 3.88. The molecule has 1 saturated carbocycles. The van der Waals surface area contributed by atoms with Crippen molar-refractivity contribution < 1.29 is 0 Å². The molecule has 0 aromatic rings. The fraction of sp³-hybridized carbons (Fsp3) is 0.385. The first-order chi connectivity index (χ1) is 6.20. The van der Waals surface area contributed by atoms with E-state index >= 15 is 0 Å². The third-order valence-electron chi connectivity index (χ3n) is 3.45. The Bertz CT molecular complexity index is 305. The SMILES string of the molecule is C=CC1=C(C)C2CC2C(C)=C1C=C. The summed E-state index contributed by atoms with van der Waals surface area (Å²) in [5.74, 6) is 1.63. The second kappa shape index (κ2) is 2.73. The first kappa shape index (κ1) is 8.55. The highest BCUT2D eigenvalue weighted by atomic mass is 14.5. The van der Waals surface area contributed by atoms with E-state index in [9.17, 15) is 0 Å². The molecule has 0 N–H and O–H groups in total. The van der Waals surface area contributed by atoms with Crippen LogP contribution in [0.1, 0.15) is 20.3 Å². The number of allylic oxidation sites excluding steroid dienone is 6. The molecule has 0 heterocycles. The predicted octanol–water partition coefficient (Wildman–Crippen LogP) is 3.64. The Morgan fingerprint density at radius 3 is 1.69 bits per heavy atom. The van der Waals surface area contributed by atoms with Crippen LogP contribution >= 0.6 is 0 Å². The fourth-order valence-corrected chi connectivity index (χ4v) is 2.52. The van der Waals surface area contributed by atoms with Crippen molar-refractivity contribution >= 4 is 0 Å². The number of hydrogen-bond donors (Lipinski definition) is 0. The van der Waals surface area contributed by atoms with E-state index in [0.717, 1.165) is 11.8 Å². The summed E-state index contributed by atoms with van der Waals surface area (Å²) >= 11 is 0. The van der Waals surface area contributed by atoms with E-state index in [0.29, 0.717) is 0 Å². The van der Waals surface area contributed by atoms with E-state index in [1.165, 1.54) is 28.7 Å². The predicted molar refractivity (Wildman–Crippen MR) is 57.4 cm³/mol. The van der Waals surface area contributed by atoms with Gasteiger partial charge in [0.2, 0.25) is 0 Å². The molecular weight excluding hydrogens is 156 g/mol. The molecule has 68 valence electrons. The van der Waals surface area contributed by atoms with Crippen LogP contribution in [0, 0.1) is 11.8 Å². The first-order valence-corrected chi connectivity index (χ1v) is 4.87.